The van der Waals surface area contributed by atoms with Gasteiger partial charge in [-0.05, 0) is 104 Å². The van der Waals surface area contributed by atoms with E-state index in [1.165, 1.54) is 57.8 Å². The van der Waals surface area contributed by atoms with Crippen LogP contribution >= 0.6 is 0 Å². The maximum atomic E-state index is 11.6. The predicted octanol–water partition coefficient (Wildman–Crippen LogP) is 7.21. The average molecular weight is 461 g/mol. The van der Waals surface area contributed by atoms with Crippen molar-refractivity contribution in [2.75, 3.05) is 13.2 Å². The molecule has 3 nitrogen and oxygen atoms in total. The first kappa shape index (κ1) is 24.6. The van der Waals surface area contributed by atoms with Crippen LogP contribution in [0.25, 0.3) is 0 Å². The minimum atomic E-state index is -0.888. The summed E-state index contributed by atoms with van der Waals surface area (Å²) in [6.07, 6.45) is 14.3. The van der Waals surface area contributed by atoms with Crippen LogP contribution in [0.2, 0.25) is 0 Å². The van der Waals surface area contributed by atoms with E-state index in [1.807, 2.05) is 6.92 Å². The van der Waals surface area contributed by atoms with Crippen LogP contribution in [0.3, 0.4) is 0 Å². The molecule has 0 amide bonds. The number of hydrogen-bond acceptors (Lipinski definition) is 3. The highest BCUT2D eigenvalue weighted by Gasteiger charge is 2.67. The monoisotopic (exact) mass is 460 g/mol. The van der Waals surface area contributed by atoms with Gasteiger partial charge in [0.1, 0.15) is 5.60 Å². The lowest BCUT2D eigenvalue weighted by molar-refractivity contribution is -0.318. The molecule has 1 spiro atoms. The normalized spacial score (nSPS) is 49.6. The van der Waals surface area contributed by atoms with Crippen LogP contribution in [0.15, 0.2) is 0 Å². The van der Waals surface area contributed by atoms with E-state index < -0.39 is 11.4 Å². The third-order valence-electron chi connectivity index (χ3n) is 12.1. The van der Waals surface area contributed by atoms with E-state index in [1.54, 1.807) is 0 Å². The number of rotatable bonds is 5. The highest BCUT2D eigenvalue weighted by atomic mass is 16.7. The Hall–Kier alpha value is -0.120. The van der Waals surface area contributed by atoms with Gasteiger partial charge >= 0.3 is 0 Å². The fourth-order valence-corrected chi connectivity index (χ4v) is 10.5. The molecule has 4 saturated carbocycles. The van der Waals surface area contributed by atoms with Crippen LogP contribution < -0.4 is 0 Å². The summed E-state index contributed by atoms with van der Waals surface area (Å²) in [5.74, 6) is 5.00. The minimum absolute atomic E-state index is 0.218. The summed E-state index contributed by atoms with van der Waals surface area (Å²) >= 11 is 0. The van der Waals surface area contributed by atoms with E-state index in [2.05, 4.69) is 34.6 Å². The summed E-state index contributed by atoms with van der Waals surface area (Å²) in [6.45, 7) is 15.8. The molecule has 5 rings (SSSR count). The van der Waals surface area contributed by atoms with Crippen molar-refractivity contribution in [3.05, 3.63) is 0 Å². The lowest BCUT2D eigenvalue weighted by Gasteiger charge is -2.64. The summed E-state index contributed by atoms with van der Waals surface area (Å²) in [5, 5.41) is 11.6. The predicted molar refractivity (Wildman–Crippen MR) is 134 cm³/mol. The number of hydrogen-bond donors (Lipinski definition) is 1. The maximum Gasteiger partial charge on any atom is 0.197 e. The van der Waals surface area contributed by atoms with Crippen LogP contribution in [-0.2, 0) is 9.47 Å². The van der Waals surface area contributed by atoms with Crippen molar-refractivity contribution < 1.29 is 14.6 Å². The number of fused-ring (bicyclic) bond motifs is 5. The van der Waals surface area contributed by atoms with Crippen molar-refractivity contribution in [2.24, 2.45) is 52.3 Å². The zero-order chi connectivity index (χ0) is 23.6. The molecular weight excluding hydrogens is 408 g/mol. The van der Waals surface area contributed by atoms with Gasteiger partial charge in [0.05, 0.1) is 13.2 Å². The standard InChI is InChI=1S/C30H52O3/c1-20(2)8-7-9-21(3)24-12-13-25-23-11-10-22-18-30(32-16-17-33-30)29(6,31)19-28(22,5)26(23)14-15-27(24,25)4/h20-26,31H,7-19H2,1-6H3/t21-,22+,23?,24-,25+,26?,27-,28+,29-/m1/s1. The summed E-state index contributed by atoms with van der Waals surface area (Å²) in [5.41, 5.74) is -0.131. The van der Waals surface area contributed by atoms with Gasteiger partial charge in [0.15, 0.2) is 5.79 Å². The zero-order valence-corrected chi connectivity index (χ0v) is 22.5. The van der Waals surface area contributed by atoms with Crippen molar-refractivity contribution in [3.63, 3.8) is 0 Å². The molecule has 5 fully saturated rings. The van der Waals surface area contributed by atoms with Gasteiger partial charge < -0.3 is 14.6 Å². The Morgan fingerprint density at radius 2 is 1.55 bits per heavy atom. The van der Waals surface area contributed by atoms with Crippen molar-refractivity contribution in [3.8, 4) is 0 Å². The van der Waals surface area contributed by atoms with E-state index in [0.717, 1.165) is 48.3 Å². The lowest BCUT2D eigenvalue weighted by Crippen LogP contribution is -2.65. The lowest BCUT2D eigenvalue weighted by atomic mass is 9.43. The molecule has 1 saturated heterocycles. The average Bonchev–Trinajstić information content (AvgIpc) is 3.34. The Bertz CT molecular complexity index is 709. The van der Waals surface area contributed by atoms with Gasteiger partial charge in [-0.25, -0.2) is 0 Å². The molecule has 1 heterocycles. The quantitative estimate of drug-likeness (QED) is 0.471. The minimum Gasteiger partial charge on any atom is -0.385 e. The third-order valence-corrected chi connectivity index (χ3v) is 12.1. The largest absolute Gasteiger partial charge is 0.385 e. The molecule has 190 valence electrons. The van der Waals surface area contributed by atoms with Gasteiger partial charge in [0.25, 0.3) is 0 Å². The van der Waals surface area contributed by atoms with Crippen molar-refractivity contribution in [1.29, 1.82) is 0 Å². The molecule has 33 heavy (non-hydrogen) atoms. The number of ether oxygens (including phenoxy) is 2. The van der Waals surface area contributed by atoms with Crippen LogP contribution in [0.4, 0.5) is 0 Å². The molecule has 0 aromatic rings. The van der Waals surface area contributed by atoms with Gasteiger partial charge in [-0.3, -0.25) is 0 Å². The Morgan fingerprint density at radius 3 is 2.24 bits per heavy atom. The van der Waals surface area contributed by atoms with Crippen molar-refractivity contribution >= 4 is 0 Å². The first-order chi connectivity index (χ1) is 15.5. The number of aliphatic hydroxyl groups is 1. The van der Waals surface area contributed by atoms with E-state index >= 15 is 0 Å². The Balaban J connectivity index is 1.33. The maximum absolute atomic E-state index is 11.6. The Morgan fingerprint density at radius 1 is 0.848 bits per heavy atom. The molecule has 9 atom stereocenters. The summed E-state index contributed by atoms with van der Waals surface area (Å²) < 4.78 is 12.3. The molecular formula is C30H52O3. The SMILES string of the molecule is CC(C)CCC[C@@H](C)[C@H]1CC[C@H]2C3CC[C@H]4CC5(OCCO5)[C@](C)(O)C[C@]4(C)C3CC[C@]12C. The van der Waals surface area contributed by atoms with E-state index in [0.29, 0.717) is 24.5 Å². The smallest absolute Gasteiger partial charge is 0.197 e. The Labute approximate surface area is 203 Å². The molecule has 0 bridgehead atoms. The van der Waals surface area contributed by atoms with Gasteiger partial charge in [-0.15, -0.1) is 0 Å². The van der Waals surface area contributed by atoms with Crippen molar-refractivity contribution in [1.82, 2.24) is 0 Å². The molecule has 0 aromatic heterocycles. The second-order valence-electron chi connectivity index (χ2n) is 14.3. The summed E-state index contributed by atoms with van der Waals surface area (Å²) in [7, 11) is 0. The van der Waals surface area contributed by atoms with Gasteiger partial charge in [0, 0.05) is 6.42 Å². The first-order valence-corrected chi connectivity index (χ1v) is 14.5. The fourth-order valence-electron chi connectivity index (χ4n) is 10.5. The zero-order valence-electron chi connectivity index (χ0n) is 22.5. The van der Waals surface area contributed by atoms with Gasteiger partial charge in [-0.1, -0.05) is 53.9 Å². The van der Waals surface area contributed by atoms with Gasteiger partial charge in [-0.2, -0.15) is 0 Å². The molecule has 1 aliphatic heterocycles. The third kappa shape index (κ3) is 3.77. The summed E-state index contributed by atoms with van der Waals surface area (Å²) in [4.78, 5) is 0. The molecule has 0 radical (unpaired) electrons. The van der Waals surface area contributed by atoms with Crippen molar-refractivity contribution in [2.45, 2.75) is 124 Å². The first-order valence-electron chi connectivity index (χ1n) is 14.5. The van der Waals surface area contributed by atoms with Gasteiger partial charge in [0.2, 0.25) is 0 Å². The molecule has 5 aliphatic rings. The highest BCUT2D eigenvalue weighted by molar-refractivity contribution is 5.14. The van der Waals surface area contributed by atoms with Crippen LogP contribution in [0.1, 0.15) is 112 Å². The summed E-state index contributed by atoms with van der Waals surface area (Å²) in [6, 6.07) is 0. The molecule has 2 unspecified atom stereocenters. The topological polar surface area (TPSA) is 38.7 Å². The second-order valence-corrected chi connectivity index (χ2v) is 14.3. The second kappa shape index (κ2) is 8.48. The van der Waals surface area contributed by atoms with Crippen LogP contribution in [-0.4, -0.2) is 29.7 Å². The van der Waals surface area contributed by atoms with E-state index in [-0.39, 0.29) is 5.41 Å². The van der Waals surface area contributed by atoms with Crippen LogP contribution in [0.5, 0.6) is 0 Å². The Kier molecular flexibility index (Phi) is 6.31. The fraction of sp³-hybridized carbons (Fsp3) is 1.00. The molecule has 4 aliphatic carbocycles. The molecule has 3 heteroatoms. The van der Waals surface area contributed by atoms with E-state index in [4.69, 9.17) is 9.47 Å². The highest BCUT2D eigenvalue weighted by Crippen LogP contribution is 2.70. The van der Waals surface area contributed by atoms with Crippen LogP contribution in [0, 0.1) is 52.3 Å². The van der Waals surface area contributed by atoms with E-state index in [9.17, 15) is 5.11 Å². The molecule has 1 N–H and O–H groups in total. The molecule has 0 aromatic carbocycles.